The number of nitrogens with one attached hydrogen (secondary N) is 2. The quantitative estimate of drug-likeness (QED) is 0.721. The molecule has 3 aromatic rings. The van der Waals surface area contributed by atoms with E-state index in [1.54, 1.807) is 0 Å². The van der Waals surface area contributed by atoms with E-state index in [1.807, 2.05) is 43.0 Å². The predicted molar refractivity (Wildman–Crippen MR) is 71.5 cm³/mol. The maximum Gasteiger partial charge on any atom is 0.0659 e. The van der Waals surface area contributed by atoms with Crippen LogP contribution >= 0.6 is 0 Å². The first-order valence-corrected chi connectivity index (χ1v) is 6.03. The summed E-state index contributed by atoms with van der Waals surface area (Å²) in [4.78, 5) is 10.9. The Morgan fingerprint density at radius 2 is 1.67 bits per heavy atom. The molecule has 3 heterocycles. The number of H-pyrrole nitrogens is 2. The van der Waals surface area contributed by atoms with Crippen LogP contribution in [0.15, 0.2) is 55.1 Å². The summed E-state index contributed by atoms with van der Waals surface area (Å²) in [5.41, 5.74) is 4.82. The SMILES string of the molecule is Cc1ccncc1C(c1ccc[nH]1)c1ccc[nH]1. The summed E-state index contributed by atoms with van der Waals surface area (Å²) in [5.74, 6) is 0.184. The van der Waals surface area contributed by atoms with E-state index in [0.29, 0.717) is 0 Å². The molecule has 18 heavy (non-hydrogen) atoms. The minimum atomic E-state index is 0.184. The summed E-state index contributed by atoms with van der Waals surface area (Å²) in [7, 11) is 0. The average Bonchev–Trinajstić information content (AvgIpc) is 3.05. The van der Waals surface area contributed by atoms with Gasteiger partial charge in [0.25, 0.3) is 0 Å². The number of aromatic nitrogens is 3. The molecule has 0 aliphatic carbocycles. The zero-order valence-corrected chi connectivity index (χ0v) is 10.2. The fourth-order valence-electron chi connectivity index (χ4n) is 2.33. The molecule has 0 fully saturated rings. The van der Waals surface area contributed by atoms with Gasteiger partial charge in [-0.05, 0) is 48.4 Å². The van der Waals surface area contributed by atoms with Gasteiger partial charge < -0.3 is 9.97 Å². The smallest absolute Gasteiger partial charge is 0.0659 e. The van der Waals surface area contributed by atoms with E-state index >= 15 is 0 Å². The molecular weight excluding hydrogens is 222 g/mol. The number of hydrogen-bond acceptors (Lipinski definition) is 1. The standard InChI is InChI=1S/C15H15N3/c1-11-6-9-16-10-12(11)15(13-4-2-7-17-13)14-5-3-8-18-14/h2-10,15,17-18H,1H3. The lowest BCUT2D eigenvalue weighted by Gasteiger charge is -2.17. The summed E-state index contributed by atoms with van der Waals surface area (Å²) in [6, 6.07) is 10.3. The zero-order chi connectivity index (χ0) is 12.4. The molecule has 3 aromatic heterocycles. The molecule has 0 atom stereocenters. The second-order valence-corrected chi connectivity index (χ2v) is 4.42. The summed E-state index contributed by atoms with van der Waals surface area (Å²) in [6.07, 6.45) is 7.69. The van der Waals surface area contributed by atoms with E-state index in [0.717, 1.165) is 0 Å². The zero-order valence-electron chi connectivity index (χ0n) is 10.2. The van der Waals surface area contributed by atoms with Gasteiger partial charge in [-0.1, -0.05) is 0 Å². The van der Waals surface area contributed by atoms with E-state index < -0.39 is 0 Å². The van der Waals surface area contributed by atoms with Gasteiger partial charge in [-0.3, -0.25) is 4.98 Å². The summed E-state index contributed by atoms with van der Waals surface area (Å²) >= 11 is 0. The van der Waals surface area contributed by atoms with Gasteiger partial charge in [0.2, 0.25) is 0 Å². The molecule has 90 valence electrons. The van der Waals surface area contributed by atoms with Gasteiger partial charge in [-0.2, -0.15) is 0 Å². The molecule has 0 spiro atoms. The van der Waals surface area contributed by atoms with Crippen molar-refractivity contribution in [1.82, 2.24) is 15.0 Å². The maximum atomic E-state index is 4.26. The van der Waals surface area contributed by atoms with Crippen molar-refractivity contribution in [3.05, 3.63) is 77.6 Å². The predicted octanol–water partition coefficient (Wildman–Crippen LogP) is 3.23. The van der Waals surface area contributed by atoms with Crippen LogP contribution in [-0.2, 0) is 0 Å². The van der Waals surface area contributed by atoms with E-state index in [4.69, 9.17) is 0 Å². The first-order valence-electron chi connectivity index (χ1n) is 6.03. The van der Waals surface area contributed by atoms with Crippen LogP contribution in [0, 0.1) is 6.92 Å². The number of aromatic amines is 2. The molecule has 0 aliphatic heterocycles. The highest BCUT2D eigenvalue weighted by atomic mass is 14.7. The highest BCUT2D eigenvalue weighted by molar-refractivity contribution is 5.40. The Balaban J connectivity index is 2.15. The first-order chi connectivity index (χ1) is 8.86. The van der Waals surface area contributed by atoms with Crippen LogP contribution in [0.1, 0.15) is 28.4 Å². The Labute approximate surface area is 106 Å². The number of nitrogens with zero attached hydrogens (tertiary/aromatic N) is 1. The third-order valence-corrected chi connectivity index (χ3v) is 3.26. The minimum absolute atomic E-state index is 0.184. The molecule has 0 aromatic carbocycles. The van der Waals surface area contributed by atoms with Crippen molar-refractivity contribution >= 4 is 0 Å². The minimum Gasteiger partial charge on any atom is -0.364 e. The van der Waals surface area contributed by atoms with Crippen LogP contribution in [0.4, 0.5) is 0 Å². The van der Waals surface area contributed by atoms with Crippen LogP contribution in [0.2, 0.25) is 0 Å². The molecule has 0 aliphatic rings. The number of pyridine rings is 1. The number of hydrogen-bond donors (Lipinski definition) is 2. The van der Waals surface area contributed by atoms with Crippen LogP contribution in [0.3, 0.4) is 0 Å². The van der Waals surface area contributed by atoms with Gasteiger partial charge in [-0.15, -0.1) is 0 Å². The fraction of sp³-hybridized carbons (Fsp3) is 0.133. The molecule has 0 saturated heterocycles. The van der Waals surface area contributed by atoms with Gasteiger partial charge in [-0.25, -0.2) is 0 Å². The van der Waals surface area contributed by atoms with E-state index in [2.05, 4.69) is 34.0 Å². The van der Waals surface area contributed by atoms with E-state index in [1.165, 1.54) is 22.5 Å². The van der Waals surface area contributed by atoms with Crippen LogP contribution in [0.5, 0.6) is 0 Å². The lowest BCUT2D eigenvalue weighted by atomic mass is 9.91. The summed E-state index contributed by atoms with van der Waals surface area (Å²) in [5, 5.41) is 0. The van der Waals surface area contributed by atoms with Crippen molar-refractivity contribution in [3.8, 4) is 0 Å². The number of aryl methyl sites for hydroxylation is 1. The van der Waals surface area contributed by atoms with E-state index in [-0.39, 0.29) is 5.92 Å². The molecule has 3 rings (SSSR count). The van der Waals surface area contributed by atoms with Crippen molar-refractivity contribution in [3.63, 3.8) is 0 Å². The van der Waals surface area contributed by atoms with Crippen LogP contribution in [0.25, 0.3) is 0 Å². The second-order valence-electron chi connectivity index (χ2n) is 4.42. The molecule has 3 nitrogen and oxygen atoms in total. The summed E-state index contributed by atoms with van der Waals surface area (Å²) in [6.45, 7) is 2.12. The van der Waals surface area contributed by atoms with Gasteiger partial charge in [0.1, 0.15) is 0 Å². The topological polar surface area (TPSA) is 44.5 Å². The van der Waals surface area contributed by atoms with Crippen LogP contribution in [-0.4, -0.2) is 15.0 Å². The Kier molecular flexibility index (Phi) is 2.73. The van der Waals surface area contributed by atoms with Crippen molar-refractivity contribution in [2.45, 2.75) is 12.8 Å². The Morgan fingerprint density at radius 1 is 1.00 bits per heavy atom. The Bertz CT molecular complexity index is 575. The molecule has 0 bridgehead atoms. The molecule has 2 N–H and O–H groups in total. The average molecular weight is 237 g/mol. The largest absolute Gasteiger partial charge is 0.364 e. The lowest BCUT2D eigenvalue weighted by molar-refractivity contribution is 0.879. The Morgan fingerprint density at radius 3 is 2.17 bits per heavy atom. The highest BCUT2D eigenvalue weighted by Crippen LogP contribution is 2.31. The monoisotopic (exact) mass is 237 g/mol. The highest BCUT2D eigenvalue weighted by Gasteiger charge is 2.20. The fourth-order valence-corrected chi connectivity index (χ4v) is 2.33. The molecular formula is C15H15N3. The van der Waals surface area contributed by atoms with Crippen LogP contribution < -0.4 is 0 Å². The second kappa shape index (κ2) is 4.53. The summed E-state index contributed by atoms with van der Waals surface area (Å²) < 4.78 is 0. The third kappa shape index (κ3) is 1.84. The van der Waals surface area contributed by atoms with Gasteiger partial charge in [0.15, 0.2) is 0 Å². The normalized spacial score (nSPS) is 11.0. The maximum absolute atomic E-state index is 4.26. The molecule has 0 saturated carbocycles. The van der Waals surface area contributed by atoms with Crippen molar-refractivity contribution in [1.29, 1.82) is 0 Å². The van der Waals surface area contributed by atoms with Crippen molar-refractivity contribution < 1.29 is 0 Å². The first kappa shape index (κ1) is 10.8. The lowest BCUT2D eigenvalue weighted by Crippen LogP contribution is -2.06. The third-order valence-electron chi connectivity index (χ3n) is 3.26. The van der Waals surface area contributed by atoms with Gasteiger partial charge in [0, 0.05) is 36.2 Å². The molecule has 0 unspecified atom stereocenters. The molecule has 0 amide bonds. The van der Waals surface area contributed by atoms with Gasteiger partial charge in [0.05, 0.1) is 5.92 Å². The number of rotatable bonds is 3. The molecule has 3 heteroatoms. The molecule has 0 radical (unpaired) electrons. The Hall–Kier alpha value is -2.29. The van der Waals surface area contributed by atoms with E-state index in [9.17, 15) is 0 Å². The van der Waals surface area contributed by atoms with Crippen molar-refractivity contribution in [2.24, 2.45) is 0 Å². The van der Waals surface area contributed by atoms with Crippen molar-refractivity contribution in [2.75, 3.05) is 0 Å². The van der Waals surface area contributed by atoms with Gasteiger partial charge >= 0.3 is 0 Å².